The third kappa shape index (κ3) is 5.33. The summed E-state index contributed by atoms with van der Waals surface area (Å²) in [6.07, 6.45) is 1.68. The molecule has 1 amide bonds. The standard InChI is InChI=1S/C19H20ClF3N4OS/c1-2-9-27-17(12-5-3-4-6-12)25-26-18(27)29-11-16(28)24-15-10-13(19(21,22)23)7-8-14(15)20/h2,7-8,10,12H,1,3-6,9,11H2,(H,24,28). The second-order valence-corrected chi connectivity index (χ2v) is 8.10. The molecule has 1 aromatic carbocycles. The summed E-state index contributed by atoms with van der Waals surface area (Å²) in [6, 6.07) is 2.81. The Labute approximate surface area is 175 Å². The largest absolute Gasteiger partial charge is 0.416 e. The number of benzene rings is 1. The van der Waals surface area contributed by atoms with Gasteiger partial charge in [-0.15, -0.1) is 16.8 Å². The van der Waals surface area contributed by atoms with Crippen LogP contribution in [0.15, 0.2) is 36.0 Å². The molecule has 1 aliphatic carbocycles. The van der Waals surface area contributed by atoms with Gasteiger partial charge < -0.3 is 9.88 Å². The highest BCUT2D eigenvalue weighted by Gasteiger charge is 2.31. The number of hydrogen-bond acceptors (Lipinski definition) is 4. The zero-order valence-corrected chi connectivity index (χ0v) is 17.1. The van der Waals surface area contributed by atoms with Crippen LogP contribution in [0.5, 0.6) is 0 Å². The van der Waals surface area contributed by atoms with Crippen molar-refractivity contribution in [1.29, 1.82) is 0 Å². The molecule has 0 unspecified atom stereocenters. The van der Waals surface area contributed by atoms with Gasteiger partial charge in [0, 0.05) is 12.5 Å². The SMILES string of the molecule is C=CCn1c(SCC(=O)Nc2cc(C(F)(F)F)ccc2Cl)nnc1C1CCCC1. The van der Waals surface area contributed by atoms with E-state index in [4.69, 9.17) is 11.6 Å². The Bertz CT molecular complexity index is 894. The van der Waals surface area contributed by atoms with Gasteiger partial charge in [-0.05, 0) is 31.0 Å². The lowest BCUT2D eigenvalue weighted by Gasteiger charge is -2.13. The van der Waals surface area contributed by atoms with Crippen LogP contribution in [0.4, 0.5) is 18.9 Å². The molecule has 156 valence electrons. The number of nitrogens with one attached hydrogen (secondary N) is 1. The number of halogens is 4. The molecule has 2 aromatic rings. The van der Waals surface area contributed by atoms with Gasteiger partial charge in [0.1, 0.15) is 5.82 Å². The fourth-order valence-corrected chi connectivity index (χ4v) is 4.23. The second kappa shape index (κ2) is 9.21. The Morgan fingerprint density at radius 2 is 2.07 bits per heavy atom. The Hall–Kier alpha value is -2.00. The molecule has 29 heavy (non-hydrogen) atoms. The molecule has 0 aliphatic heterocycles. The van der Waals surface area contributed by atoms with E-state index in [2.05, 4.69) is 22.1 Å². The van der Waals surface area contributed by atoms with Crippen molar-refractivity contribution in [1.82, 2.24) is 14.8 Å². The van der Waals surface area contributed by atoms with Crippen LogP contribution < -0.4 is 5.32 Å². The predicted molar refractivity (Wildman–Crippen MR) is 107 cm³/mol. The van der Waals surface area contributed by atoms with Crippen LogP contribution in [0.1, 0.15) is 43.0 Å². The maximum absolute atomic E-state index is 12.9. The number of carbonyl (C=O) groups excluding carboxylic acids is 1. The molecule has 1 aliphatic rings. The van der Waals surface area contributed by atoms with Crippen LogP contribution >= 0.6 is 23.4 Å². The minimum atomic E-state index is -4.52. The first kappa shape index (κ1) is 21.7. The van der Waals surface area contributed by atoms with Crippen molar-refractivity contribution in [2.45, 2.75) is 49.5 Å². The Morgan fingerprint density at radius 3 is 2.72 bits per heavy atom. The van der Waals surface area contributed by atoms with Gasteiger partial charge in [0.2, 0.25) is 5.91 Å². The first-order valence-corrected chi connectivity index (χ1v) is 10.5. The number of rotatable bonds is 7. The van der Waals surface area contributed by atoms with E-state index in [1.165, 1.54) is 11.8 Å². The van der Waals surface area contributed by atoms with Gasteiger partial charge in [0.15, 0.2) is 5.16 Å². The number of hydrogen-bond donors (Lipinski definition) is 1. The van der Waals surface area contributed by atoms with Crippen molar-refractivity contribution in [2.75, 3.05) is 11.1 Å². The lowest BCUT2D eigenvalue weighted by atomic mass is 10.1. The molecule has 0 spiro atoms. The number of thioether (sulfide) groups is 1. The minimum Gasteiger partial charge on any atom is -0.324 e. The molecule has 1 fully saturated rings. The van der Waals surface area contributed by atoms with Crippen LogP contribution in [0, 0.1) is 0 Å². The van der Waals surface area contributed by atoms with Crippen LogP contribution in [0.25, 0.3) is 0 Å². The summed E-state index contributed by atoms with van der Waals surface area (Å²) in [7, 11) is 0. The van der Waals surface area contributed by atoms with Crippen molar-refractivity contribution >= 4 is 35.0 Å². The molecule has 0 radical (unpaired) electrons. The summed E-state index contributed by atoms with van der Waals surface area (Å²) in [5.41, 5.74) is -0.955. The number of amides is 1. The summed E-state index contributed by atoms with van der Waals surface area (Å²) in [4.78, 5) is 12.3. The quantitative estimate of drug-likeness (QED) is 0.451. The van der Waals surface area contributed by atoms with E-state index in [0.29, 0.717) is 17.6 Å². The van der Waals surface area contributed by atoms with Crippen molar-refractivity contribution in [3.05, 3.63) is 47.3 Å². The maximum atomic E-state index is 12.9. The average Bonchev–Trinajstić information content (AvgIpc) is 3.31. The van der Waals surface area contributed by atoms with E-state index < -0.39 is 17.6 Å². The fourth-order valence-electron chi connectivity index (χ4n) is 3.31. The highest BCUT2D eigenvalue weighted by molar-refractivity contribution is 7.99. The Kier molecular flexibility index (Phi) is 6.89. The third-order valence-corrected chi connectivity index (χ3v) is 5.97. The monoisotopic (exact) mass is 444 g/mol. The van der Waals surface area contributed by atoms with Crippen LogP contribution in [-0.2, 0) is 17.5 Å². The molecule has 1 heterocycles. The summed E-state index contributed by atoms with van der Waals surface area (Å²) in [5, 5.41) is 11.5. The minimum absolute atomic E-state index is 0.0352. The van der Waals surface area contributed by atoms with Gasteiger partial charge >= 0.3 is 6.18 Å². The highest BCUT2D eigenvalue weighted by Crippen LogP contribution is 2.35. The Morgan fingerprint density at radius 1 is 1.34 bits per heavy atom. The van der Waals surface area contributed by atoms with Gasteiger partial charge in [0.25, 0.3) is 0 Å². The molecule has 1 saturated carbocycles. The Balaban J connectivity index is 1.67. The molecule has 3 rings (SSSR count). The first-order chi connectivity index (χ1) is 13.8. The topological polar surface area (TPSA) is 59.8 Å². The summed E-state index contributed by atoms with van der Waals surface area (Å²) in [6.45, 7) is 4.29. The van der Waals surface area contributed by atoms with E-state index in [1.54, 1.807) is 6.08 Å². The molecular weight excluding hydrogens is 425 g/mol. The van der Waals surface area contributed by atoms with Crippen molar-refractivity contribution in [2.24, 2.45) is 0 Å². The molecule has 0 bridgehead atoms. The molecule has 1 N–H and O–H groups in total. The molecule has 0 atom stereocenters. The van der Waals surface area contributed by atoms with Crippen molar-refractivity contribution < 1.29 is 18.0 Å². The van der Waals surface area contributed by atoms with Gasteiger partial charge in [-0.2, -0.15) is 13.2 Å². The van der Waals surface area contributed by atoms with Gasteiger partial charge in [-0.3, -0.25) is 4.79 Å². The lowest BCUT2D eigenvalue weighted by molar-refractivity contribution is -0.137. The van der Waals surface area contributed by atoms with Gasteiger partial charge in [-0.25, -0.2) is 0 Å². The number of allylic oxidation sites excluding steroid dienone is 1. The number of alkyl halides is 3. The van der Waals surface area contributed by atoms with Crippen molar-refractivity contribution in [3.63, 3.8) is 0 Å². The zero-order valence-electron chi connectivity index (χ0n) is 15.5. The molecule has 10 heteroatoms. The maximum Gasteiger partial charge on any atom is 0.416 e. The molecular formula is C19H20ClF3N4OS. The lowest BCUT2D eigenvalue weighted by Crippen LogP contribution is -2.16. The summed E-state index contributed by atoms with van der Waals surface area (Å²) < 4.78 is 40.5. The summed E-state index contributed by atoms with van der Waals surface area (Å²) >= 11 is 7.10. The third-order valence-electron chi connectivity index (χ3n) is 4.68. The molecule has 0 saturated heterocycles. The fraction of sp³-hybridized carbons (Fsp3) is 0.421. The van der Waals surface area contributed by atoms with Gasteiger partial charge in [0.05, 0.1) is 22.0 Å². The molecule has 1 aromatic heterocycles. The first-order valence-electron chi connectivity index (χ1n) is 9.13. The average molecular weight is 445 g/mol. The number of aromatic nitrogens is 3. The van der Waals surface area contributed by atoms with E-state index >= 15 is 0 Å². The van der Waals surface area contributed by atoms with Crippen molar-refractivity contribution in [3.8, 4) is 0 Å². The van der Waals surface area contributed by atoms with Crippen LogP contribution in [-0.4, -0.2) is 26.4 Å². The highest BCUT2D eigenvalue weighted by atomic mass is 35.5. The van der Waals surface area contributed by atoms with E-state index in [1.807, 2.05) is 4.57 Å². The predicted octanol–water partition coefficient (Wildman–Crippen LogP) is 5.52. The second-order valence-electron chi connectivity index (χ2n) is 6.75. The molecule has 5 nitrogen and oxygen atoms in total. The zero-order chi connectivity index (χ0) is 21.0. The summed E-state index contributed by atoms with van der Waals surface area (Å²) in [5.74, 6) is 0.736. The van der Waals surface area contributed by atoms with Gasteiger partial charge in [-0.1, -0.05) is 42.3 Å². The van der Waals surface area contributed by atoms with E-state index in [9.17, 15) is 18.0 Å². The van der Waals surface area contributed by atoms with Crippen LogP contribution in [0.3, 0.4) is 0 Å². The smallest absolute Gasteiger partial charge is 0.324 e. The van der Waals surface area contributed by atoms with E-state index in [-0.39, 0.29) is 16.5 Å². The normalized spacial score (nSPS) is 14.9. The number of nitrogens with zero attached hydrogens (tertiary/aromatic N) is 3. The number of carbonyl (C=O) groups is 1. The van der Waals surface area contributed by atoms with E-state index in [0.717, 1.165) is 49.7 Å². The number of anilines is 1. The van der Waals surface area contributed by atoms with Crippen LogP contribution in [0.2, 0.25) is 5.02 Å².